The fraction of sp³-hybridized carbons (Fsp3) is 0.500. The Labute approximate surface area is 96.0 Å². The largest absolute Gasteiger partial charge is 0.480 e. The van der Waals surface area contributed by atoms with Crippen molar-refractivity contribution >= 4 is 5.57 Å². The molecule has 4 nitrogen and oxygen atoms in total. The maximum absolute atomic E-state index is 4.99. The number of methoxy groups -OCH3 is 1. The van der Waals surface area contributed by atoms with Gasteiger partial charge in [-0.05, 0) is 18.5 Å². The van der Waals surface area contributed by atoms with Gasteiger partial charge in [-0.1, -0.05) is 13.0 Å². The van der Waals surface area contributed by atoms with Crippen LogP contribution in [0.5, 0.6) is 5.88 Å². The van der Waals surface area contributed by atoms with E-state index < -0.39 is 0 Å². The molecule has 1 aromatic rings. The van der Waals surface area contributed by atoms with Crippen LogP contribution in [0.3, 0.4) is 0 Å². The van der Waals surface area contributed by atoms with Crippen LogP contribution in [0.4, 0.5) is 0 Å². The monoisotopic (exact) mass is 219 g/mol. The first-order chi connectivity index (χ1) is 7.83. The minimum absolute atomic E-state index is 0.565. The third-order valence-corrected chi connectivity index (χ3v) is 2.91. The lowest BCUT2D eigenvalue weighted by Gasteiger charge is -2.24. The average Bonchev–Trinajstić information content (AvgIpc) is 2.39. The molecule has 0 unspecified atom stereocenters. The quantitative estimate of drug-likeness (QED) is 0.774. The molecule has 0 radical (unpaired) electrons. The van der Waals surface area contributed by atoms with Crippen LogP contribution in [0.25, 0.3) is 5.57 Å². The van der Waals surface area contributed by atoms with Gasteiger partial charge in [0, 0.05) is 13.1 Å². The number of nitrogens with zero attached hydrogens (tertiary/aromatic N) is 3. The number of hydrogen-bond donors (Lipinski definition) is 0. The number of hydrogen-bond acceptors (Lipinski definition) is 4. The van der Waals surface area contributed by atoms with Crippen molar-refractivity contribution in [1.29, 1.82) is 0 Å². The molecule has 2 heterocycles. The smallest absolute Gasteiger partial charge is 0.232 e. The normalized spacial score (nSPS) is 17.0. The summed E-state index contributed by atoms with van der Waals surface area (Å²) >= 11 is 0. The lowest BCUT2D eigenvalue weighted by atomic mass is 10.1. The molecular formula is C12H17N3O. The molecule has 2 rings (SSSR count). The number of likely N-dealkylation sites (N-methyl/N-ethyl adjacent to an activating group) is 1. The molecule has 0 saturated heterocycles. The molecule has 0 aliphatic carbocycles. The zero-order chi connectivity index (χ0) is 11.4. The minimum Gasteiger partial charge on any atom is -0.480 e. The molecule has 0 N–H and O–H groups in total. The Morgan fingerprint density at radius 1 is 1.38 bits per heavy atom. The third kappa shape index (κ3) is 2.39. The summed E-state index contributed by atoms with van der Waals surface area (Å²) in [4.78, 5) is 10.9. The summed E-state index contributed by atoms with van der Waals surface area (Å²) in [5.41, 5.74) is 2.26. The molecule has 0 saturated carbocycles. The van der Waals surface area contributed by atoms with Crippen LogP contribution in [-0.4, -0.2) is 41.6 Å². The van der Waals surface area contributed by atoms with E-state index in [9.17, 15) is 0 Å². The minimum atomic E-state index is 0.565. The van der Waals surface area contributed by atoms with Crippen molar-refractivity contribution in [3.8, 4) is 5.88 Å². The zero-order valence-electron chi connectivity index (χ0n) is 9.81. The number of ether oxygens (including phenoxy) is 1. The van der Waals surface area contributed by atoms with Gasteiger partial charge in [-0.25, -0.2) is 9.97 Å². The third-order valence-electron chi connectivity index (χ3n) is 2.91. The molecule has 0 spiro atoms. The molecular weight excluding hydrogens is 202 g/mol. The van der Waals surface area contributed by atoms with E-state index >= 15 is 0 Å². The number of rotatable bonds is 3. The Morgan fingerprint density at radius 2 is 2.25 bits per heavy atom. The zero-order valence-corrected chi connectivity index (χ0v) is 9.81. The highest BCUT2D eigenvalue weighted by Crippen LogP contribution is 2.20. The summed E-state index contributed by atoms with van der Waals surface area (Å²) in [6.07, 6.45) is 6.74. The molecule has 1 aliphatic heterocycles. The van der Waals surface area contributed by atoms with Crippen molar-refractivity contribution in [3.05, 3.63) is 24.2 Å². The molecule has 16 heavy (non-hydrogen) atoms. The van der Waals surface area contributed by atoms with Gasteiger partial charge >= 0.3 is 0 Å². The SMILES string of the molecule is CCN1CC=C(c2cnc(OC)cn2)CC1. The van der Waals surface area contributed by atoms with Crippen LogP contribution < -0.4 is 4.74 Å². The molecule has 1 aliphatic rings. The van der Waals surface area contributed by atoms with Crippen molar-refractivity contribution in [3.63, 3.8) is 0 Å². The number of aromatic nitrogens is 2. The van der Waals surface area contributed by atoms with Gasteiger partial charge in [0.05, 0.1) is 25.2 Å². The topological polar surface area (TPSA) is 38.2 Å². The second kappa shape index (κ2) is 5.07. The molecule has 0 fully saturated rings. The molecule has 86 valence electrons. The highest BCUT2D eigenvalue weighted by Gasteiger charge is 2.12. The molecule has 0 atom stereocenters. The van der Waals surface area contributed by atoms with Crippen LogP contribution in [0, 0.1) is 0 Å². The summed E-state index contributed by atoms with van der Waals surface area (Å²) in [6.45, 7) is 5.42. The Hall–Kier alpha value is -1.42. The highest BCUT2D eigenvalue weighted by atomic mass is 16.5. The summed E-state index contributed by atoms with van der Waals surface area (Å²) < 4.78 is 4.99. The first kappa shape index (κ1) is 11.1. The van der Waals surface area contributed by atoms with Crippen LogP contribution in [0.1, 0.15) is 19.0 Å². The maximum Gasteiger partial charge on any atom is 0.232 e. The van der Waals surface area contributed by atoms with E-state index in [0.717, 1.165) is 31.7 Å². The second-order valence-electron chi connectivity index (χ2n) is 3.82. The Morgan fingerprint density at radius 3 is 2.75 bits per heavy atom. The van der Waals surface area contributed by atoms with Gasteiger partial charge in [-0.3, -0.25) is 4.90 Å². The maximum atomic E-state index is 4.99. The summed E-state index contributed by atoms with van der Waals surface area (Å²) in [6, 6.07) is 0. The van der Waals surface area contributed by atoms with Crippen molar-refractivity contribution < 1.29 is 4.74 Å². The van der Waals surface area contributed by atoms with Crippen molar-refractivity contribution in [2.75, 3.05) is 26.7 Å². The van der Waals surface area contributed by atoms with Gasteiger partial charge in [-0.2, -0.15) is 0 Å². The van der Waals surface area contributed by atoms with E-state index in [2.05, 4.69) is 27.9 Å². The summed E-state index contributed by atoms with van der Waals surface area (Å²) in [5.74, 6) is 0.565. The van der Waals surface area contributed by atoms with Crippen molar-refractivity contribution in [1.82, 2.24) is 14.9 Å². The second-order valence-corrected chi connectivity index (χ2v) is 3.82. The fourth-order valence-corrected chi connectivity index (χ4v) is 1.82. The predicted molar refractivity (Wildman–Crippen MR) is 63.3 cm³/mol. The lowest BCUT2D eigenvalue weighted by molar-refractivity contribution is 0.318. The Balaban J connectivity index is 2.10. The van der Waals surface area contributed by atoms with E-state index in [1.54, 1.807) is 19.5 Å². The van der Waals surface area contributed by atoms with E-state index in [4.69, 9.17) is 4.74 Å². The lowest BCUT2D eigenvalue weighted by Crippen LogP contribution is -2.28. The van der Waals surface area contributed by atoms with Crippen LogP contribution in [-0.2, 0) is 0 Å². The first-order valence-electron chi connectivity index (χ1n) is 5.61. The van der Waals surface area contributed by atoms with Crippen molar-refractivity contribution in [2.24, 2.45) is 0 Å². The molecule has 0 bridgehead atoms. The standard InChI is InChI=1S/C12H17N3O/c1-3-15-6-4-10(5-7-15)11-8-14-12(16-2)9-13-11/h4,8-9H,3,5-7H2,1-2H3. The molecule has 1 aromatic heterocycles. The van der Waals surface area contributed by atoms with Gasteiger partial charge in [0.25, 0.3) is 0 Å². The van der Waals surface area contributed by atoms with Gasteiger partial charge in [0.1, 0.15) is 0 Å². The Kier molecular flexibility index (Phi) is 3.51. The van der Waals surface area contributed by atoms with Crippen LogP contribution >= 0.6 is 0 Å². The molecule has 0 amide bonds. The van der Waals surface area contributed by atoms with Gasteiger partial charge in [-0.15, -0.1) is 0 Å². The molecule has 4 heteroatoms. The van der Waals surface area contributed by atoms with Gasteiger partial charge in [0.15, 0.2) is 0 Å². The molecule has 0 aromatic carbocycles. The summed E-state index contributed by atoms with van der Waals surface area (Å²) in [5, 5.41) is 0. The van der Waals surface area contributed by atoms with E-state index in [0.29, 0.717) is 5.88 Å². The van der Waals surface area contributed by atoms with Crippen LogP contribution in [0.15, 0.2) is 18.5 Å². The predicted octanol–water partition coefficient (Wildman–Crippen LogP) is 1.59. The van der Waals surface area contributed by atoms with Crippen LogP contribution in [0.2, 0.25) is 0 Å². The summed E-state index contributed by atoms with van der Waals surface area (Å²) in [7, 11) is 1.60. The van der Waals surface area contributed by atoms with Gasteiger partial charge < -0.3 is 4.74 Å². The van der Waals surface area contributed by atoms with Gasteiger partial charge in [0.2, 0.25) is 5.88 Å². The van der Waals surface area contributed by atoms with Crippen molar-refractivity contribution in [2.45, 2.75) is 13.3 Å². The van der Waals surface area contributed by atoms with E-state index in [-0.39, 0.29) is 0 Å². The average molecular weight is 219 g/mol. The fourth-order valence-electron chi connectivity index (χ4n) is 1.82. The van der Waals surface area contributed by atoms with E-state index in [1.807, 2.05) is 0 Å². The first-order valence-corrected chi connectivity index (χ1v) is 5.61. The van der Waals surface area contributed by atoms with E-state index in [1.165, 1.54) is 5.57 Å². The highest BCUT2D eigenvalue weighted by molar-refractivity contribution is 5.63. The Bertz CT molecular complexity index is 372.